The molecule has 0 saturated carbocycles. The second-order valence-electron chi connectivity index (χ2n) is 16.5. The fraction of sp³-hybridized carbons (Fsp3) is 0.465. The first-order chi connectivity index (χ1) is 28.4. The molecule has 15 nitrogen and oxygen atoms in total. The zero-order chi connectivity index (χ0) is 41.3. The smallest absolute Gasteiger partial charge is 0.333 e. The minimum absolute atomic E-state index is 0.0102. The molecule has 1 spiro atoms. The molecule has 8 aliphatic rings. The Labute approximate surface area is 344 Å². The number of nitrogens with zero attached hydrogens (tertiary/aromatic N) is 3. The number of aromatic hydroxyl groups is 1. The monoisotopic (exact) mass is 823 g/mol. The van der Waals surface area contributed by atoms with Gasteiger partial charge in [0, 0.05) is 70.9 Å². The van der Waals surface area contributed by atoms with E-state index in [1.807, 2.05) is 45.2 Å². The maximum Gasteiger partial charge on any atom is 0.333 e. The molecule has 0 amide bonds. The van der Waals surface area contributed by atoms with Gasteiger partial charge in [-0.3, -0.25) is 19.9 Å². The molecule has 59 heavy (non-hydrogen) atoms. The highest BCUT2D eigenvalue weighted by atomic mass is 32.2. The number of aromatic amines is 1. The number of hydrogen-bond donors (Lipinski definition) is 4. The van der Waals surface area contributed by atoms with Crippen molar-refractivity contribution < 1.29 is 48.2 Å². The highest BCUT2D eigenvalue weighted by Gasteiger charge is 2.64. The number of aryl methyl sites for hydroxylation is 1. The van der Waals surface area contributed by atoms with E-state index in [4.69, 9.17) is 28.4 Å². The van der Waals surface area contributed by atoms with E-state index in [1.54, 1.807) is 7.11 Å². The predicted octanol–water partition coefficient (Wildman–Crippen LogP) is 4.13. The van der Waals surface area contributed by atoms with Crippen LogP contribution < -0.4 is 29.0 Å². The van der Waals surface area contributed by atoms with Gasteiger partial charge in [-0.2, -0.15) is 5.26 Å². The number of rotatable bonds is 4. The summed E-state index contributed by atoms with van der Waals surface area (Å²) in [6.07, 6.45) is 0.706. The zero-order valence-corrected chi connectivity index (χ0v) is 34.4. The number of phenols is 1. The Morgan fingerprint density at radius 3 is 2.63 bits per heavy atom. The molecule has 0 aliphatic carbocycles. The van der Waals surface area contributed by atoms with E-state index < -0.39 is 52.4 Å². The number of phenolic OH excluding ortho intramolecular Hbond substituents is 1. The van der Waals surface area contributed by atoms with Crippen molar-refractivity contribution in [2.24, 2.45) is 0 Å². The van der Waals surface area contributed by atoms with Crippen molar-refractivity contribution in [3.05, 3.63) is 68.9 Å². The van der Waals surface area contributed by atoms with Gasteiger partial charge >= 0.3 is 11.9 Å². The summed E-state index contributed by atoms with van der Waals surface area (Å²) in [4.78, 5) is 36.1. The molecule has 2 saturated heterocycles. The normalized spacial score (nSPS) is 30.1. The Bertz CT molecular complexity index is 2540. The molecule has 8 atom stereocenters. The van der Waals surface area contributed by atoms with E-state index in [1.165, 1.54) is 25.8 Å². The largest absolute Gasteiger partial charge is 0.504 e. The van der Waals surface area contributed by atoms with Crippen LogP contribution in [0.2, 0.25) is 0 Å². The third-order valence-electron chi connectivity index (χ3n) is 13.3. The minimum Gasteiger partial charge on any atom is -0.504 e. The first kappa shape index (κ1) is 38.0. The number of fused-ring (bicyclic) bond motifs is 8. The zero-order valence-electron chi connectivity index (χ0n) is 33.6. The topological polar surface area (TPSA) is 188 Å². The van der Waals surface area contributed by atoms with Gasteiger partial charge in [-0.25, -0.2) is 4.79 Å². The number of nitriles is 1. The van der Waals surface area contributed by atoms with Gasteiger partial charge in [0.2, 0.25) is 6.79 Å². The number of benzene rings is 3. The van der Waals surface area contributed by atoms with Crippen molar-refractivity contribution in [3.63, 3.8) is 0 Å². The van der Waals surface area contributed by atoms with Crippen LogP contribution in [0.4, 0.5) is 0 Å². The molecule has 9 heterocycles. The number of nitrogens with one attached hydrogen (secondary N) is 2. The summed E-state index contributed by atoms with van der Waals surface area (Å²) < 4.78 is 36.5. The highest BCUT2D eigenvalue weighted by Crippen LogP contribution is 2.65. The Hall–Kier alpha value is -5.18. The summed E-state index contributed by atoms with van der Waals surface area (Å²) in [5.74, 6) is 1.25. The van der Waals surface area contributed by atoms with Crippen LogP contribution in [-0.4, -0.2) is 108 Å². The average molecular weight is 824 g/mol. The fourth-order valence-electron chi connectivity index (χ4n) is 11.1. The predicted molar refractivity (Wildman–Crippen MR) is 214 cm³/mol. The van der Waals surface area contributed by atoms with E-state index in [0.717, 1.165) is 27.6 Å². The van der Waals surface area contributed by atoms with Crippen molar-refractivity contribution in [3.8, 4) is 40.6 Å². The molecule has 3 aromatic carbocycles. The molecule has 0 radical (unpaired) electrons. The number of H-pyrrole nitrogens is 1. The fourth-order valence-corrected chi connectivity index (χ4v) is 12.8. The number of aromatic nitrogens is 1. The van der Waals surface area contributed by atoms with Crippen LogP contribution in [0.3, 0.4) is 0 Å². The second kappa shape index (κ2) is 13.4. The lowest BCUT2D eigenvalue weighted by Crippen LogP contribution is -2.69. The number of aliphatic hydroxyl groups excluding tert-OH is 1. The lowest BCUT2D eigenvalue weighted by molar-refractivity contribution is -0.159. The van der Waals surface area contributed by atoms with Crippen molar-refractivity contribution in [2.75, 3.05) is 53.6 Å². The summed E-state index contributed by atoms with van der Waals surface area (Å²) in [5.41, 5.74) is 3.75. The van der Waals surface area contributed by atoms with Gasteiger partial charge in [0.25, 0.3) is 0 Å². The van der Waals surface area contributed by atoms with Gasteiger partial charge in [0.1, 0.15) is 23.6 Å². The Morgan fingerprint density at radius 1 is 1.10 bits per heavy atom. The summed E-state index contributed by atoms with van der Waals surface area (Å²) in [5, 5.41) is 38.2. The lowest BCUT2D eigenvalue weighted by Gasteiger charge is -2.60. The van der Waals surface area contributed by atoms with Crippen molar-refractivity contribution in [2.45, 2.75) is 74.1 Å². The van der Waals surface area contributed by atoms with Crippen LogP contribution >= 0.6 is 11.8 Å². The summed E-state index contributed by atoms with van der Waals surface area (Å²) in [6, 6.07) is 8.06. The molecule has 2 unspecified atom stereocenters. The number of esters is 2. The van der Waals surface area contributed by atoms with Crippen LogP contribution in [0.5, 0.6) is 34.5 Å². The number of carbonyl (C=O) groups excluding carboxylic acids is 2. The van der Waals surface area contributed by atoms with E-state index in [-0.39, 0.29) is 37.9 Å². The molecule has 2 fully saturated rings. The van der Waals surface area contributed by atoms with Crippen molar-refractivity contribution >= 4 is 34.6 Å². The standard InChI is InChI=1S/C43H45N5O10S/c1-19-9-22-12-42(15-44)16-47(4)32(29(22)34(51)35(19)54-6)33-39-31-30(38-37(56-18-57-38)20(2)36(31)58-21(3)50)28(48(33)42)14-55-41(52)43(17-59-39)40-26(10-23(13-49)46-43)25-11-24(53-5)7-8-27(25)45-40/h7-9,11,23,28,32-33,39,45-46,49,51H,10,12-14,16-18H2,1-6H3/t23-,28-,32-,33+,39+,42?,43+/m0/s1. The maximum atomic E-state index is 15.2. The molecule has 4 bridgehead atoms. The molecule has 4 N–H and O–H groups in total. The Morgan fingerprint density at radius 2 is 1.90 bits per heavy atom. The number of likely N-dealkylation sites (N-methyl/N-ethyl adjacent to an activating group) is 1. The number of carbonyl (C=O) groups is 2. The second-order valence-corrected chi connectivity index (χ2v) is 17.7. The molecule has 16 heteroatoms. The number of thioether (sulfide) groups is 1. The van der Waals surface area contributed by atoms with Gasteiger partial charge in [-0.05, 0) is 62.2 Å². The van der Waals surface area contributed by atoms with E-state index >= 15 is 4.79 Å². The van der Waals surface area contributed by atoms with Gasteiger partial charge in [-0.15, -0.1) is 11.8 Å². The summed E-state index contributed by atoms with van der Waals surface area (Å²) in [7, 11) is 5.10. The molecule has 12 rings (SSSR count). The van der Waals surface area contributed by atoms with Crippen molar-refractivity contribution in [1.29, 1.82) is 5.26 Å². The van der Waals surface area contributed by atoms with Crippen LogP contribution in [-0.2, 0) is 32.7 Å². The average Bonchev–Trinajstić information content (AvgIpc) is 3.80. The summed E-state index contributed by atoms with van der Waals surface area (Å²) >= 11 is 1.47. The number of hydrogen-bond acceptors (Lipinski definition) is 15. The number of aliphatic hydroxyl groups is 1. The highest BCUT2D eigenvalue weighted by molar-refractivity contribution is 7.99. The minimum atomic E-state index is -1.48. The first-order valence-corrected chi connectivity index (χ1v) is 20.7. The van der Waals surface area contributed by atoms with Crippen LogP contribution in [0.25, 0.3) is 10.9 Å². The van der Waals surface area contributed by atoms with E-state index in [2.05, 4.69) is 26.2 Å². The van der Waals surface area contributed by atoms with Crippen LogP contribution in [0.1, 0.15) is 68.9 Å². The quantitative estimate of drug-likeness (QED) is 0.170. The molecule has 1 aromatic heterocycles. The van der Waals surface area contributed by atoms with Gasteiger partial charge < -0.3 is 43.6 Å². The molecule has 8 aliphatic heterocycles. The van der Waals surface area contributed by atoms with E-state index in [0.29, 0.717) is 69.7 Å². The van der Waals surface area contributed by atoms with Crippen molar-refractivity contribution in [1.82, 2.24) is 20.1 Å². The van der Waals surface area contributed by atoms with E-state index in [9.17, 15) is 20.3 Å². The third-order valence-corrected chi connectivity index (χ3v) is 14.8. The number of methoxy groups -OCH3 is 2. The first-order valence-electron chi connectivity index (χ1n) is 19.7. The Kier molecular flexibility index (Phi) is 8.65. The molecular formula is C43H45N5O10S. The molecule has 308 valence electrons. The number of piperazine rings is 1. The third kappa shape index (κ3) is 5.15. The van der Waals surface area contributed by atoms with Crippen LogP contribution in [0, 0.1) is 25.2 Å². The van der Waals surface area contributed by atoms with Gasteiger partial charge in [0.15, 0.2) is 28.5 Å². The SMILES string of the molecule is COc1ccc2[nH]c3c(c2c1)C[C@@H](CO)N[C@]31CS[C@@H]2c3c(OC(C)=O)c(C)c4c(c3[C@H](COC1=O)N1[C@@H]2[C@@H]2c3c(cc(C)c(OC)c3O)CC1(C#N)CN2C)OCO4. The van der Waals surface area contributed by atoms with Gasteiger partial charge in [-0.1, -0.05) is 6.07 Å². The Balaban J connectivity index is 1.26. The number of ether oxygens (including phenoxy) is 6. The maximum absolute atomic E-state index is 15.2. The van der Waals surface area contributed by atoms with Gasteiger partial charge in [0.05, 0.1) is 49.9 Å². The molecular weight excluding hydrogens is 779 g/mol. The summed E-state index contributed by atoms with van der Waals surface area (Å²) in [6.45, 7) is 4.85. The molecule has 4 aromatic rings. The van der Waals surface area contributed by atoms with Crippen LogP contribution in [0.15, 0.2) is 24.3 Å². The lowest BCUT2D eigenvalue weighted by atomic mass is 9.76.